The Bertz CT molecular complexity index is 573. The van der Waals surface area contributed by atoms with E-state index in [1.807, 2.05) is 12.1 Å². The fourth-order valence-electron chi connectivity index (χ4n) is 2.36. The van der Waals surface area contributed by atoms with E-state index >= 15 is 0 Å². The van der Waals surface area contributed by atoms with Crippen LogP contribution >= 0.6 is 15.9 Å². The first-order valence-corrected chi connectivity index (χ1v) is 7.08. The summed E-state index contributed by atoms with van der Waals surface area (Å²) < 4.78 is 1.02. The van der Waals surface area contributed by atoms with E-state index in [-0.39, 0.29) is 0 Å². The molecule has 0 heterocycles. The normalized spacial score (nSPS) is 10.5. The number of aryl methyl sites for hydroxylation is 2. The Morgan fingerprint density at radius 1 is 1.11 bits per heavy atom. The van der Waals surface area contributed by atoms with Crippen molar-refractivity contribution < 1.29 is 0 Å². The number of halogens is 1. The van der Waals surface area contributed by atoms with Gasteiger partial charge in [0.2, 0.25) is 0 Å². The highest BCUT2D eigenvalue weighted by Crippen LogP contribution is 2.23. The summed E-state index contributed by atoms with van der Waals surface area (Å²) in [4.78, 5) is 2.25. The van der Waals surface area contributed by atoms with E-state index < -0.39 is 0 Å². The molecule has 2 aromatic carbocycles. The first-order valence-electron chi connectivity index (χ1n) is 6.29. The maximum absolute atomic E-state index is 5.88. The van der Waals surface area contributed by atoms with Crippen LogP contribution in [0.4, 0.5) is 11.4 Å². The van der Waals surface area contributed by atoms with Crippen molar-refractivity contribution in [3.8, 4) is 0 Å². The minimum Gasteiger partial charge on any atom is -0.399 e. The minimum absolute atomic E-state index is 0.790. The number of nitrogen functional groups attached to an aromatic ring is 1. The van der Waals surface area contributed by atoms with E-state index in [9.17, 15) is 0 Å². The van der Waals surface area contributed by atoms with Gasteiger partial charge < -0.3 is 10.6 Å². The van der Waals surface area contributed by atoms with Gasteiger partial charge in [-0.1, -0.05) is 33.6 Å². The molecular formula is C16H19BrN2. The molecule has 2 N–H and O–H groups in total. The predicted molar refractivity (Wildman–Crippen MR) is 86.6 cm³/mol. The molecule has 0 fully saturated rings. The van der Waals surface area contributed by atoms with Crippen molar-refractivity contribution in [2.75, 3.05) is 17.7 Å². The molecule has 2 rings (SSSR count). The molecule has 0 atom stereocenters. The van der Waals surface area contributed by atoms with Crippen LogP contribution in [-0.2, 0) is 6.54 Å². The summed E-state index contributed by atoms with van der Waals surface area (Å²) in [6.07, 6.45) is 0. The lowest BCUT2D eigenvalue weighted by Crippen LogP contribution is -2.17. The Labute approximate surface area is 123 Å². The molecule has 19 heavy (non-hydrogen) atoms. The number of rotatable bonds is 3. The molecule has 2 nitrogen and oxygen atoms in total. The Kier molecular flexibility index (Phi) is 4.15. The van der Waals surface area contributed by atoms with Crippen molar-refractivity contribution in [1.29, 1.82) is 0 Å². The zero-order chi connectivity index (χ0) is 14.0. The molecule has 100 valence electrons. The number of anilines is 2. The lowest BCUT2D eigenvalue weighted by atomic mass is 10.1. The number of benzene rings is 2. The quantitative estimate of drug-likeness (QED) is 0.856. The second-order valence-electron chi connectivity index (χ2n) is 5.04. The Balaban J connectivity index is 2.22. The first kappa shape index (κ1) is 13.9. The first-order chi connectivity index (χ1) is 8.95. The minimum atomic E-state index is 0.790. The molecule has 0 radical (unpaired) electrons. The SMILES string of the molecule is Cc1ccc(N(C)Cc2cc(N)cc(Br)c2)c(C)c1. The lowest BCUT2D eigenvalue weighted by molar-refractivity contribution is 0.916. The van der Waals surface area contributed by atoms with Gasteiger partial charge in [-0.15, -0.1) is 0 Å². The van der Waals surface area contributed by atoms with Crippen LogP contribution in [0.15, 0.2) is 40.9 Å². The van der Waals surface area contributed by atoms with E-state index in [0.717, 1.165) is 16.7 Å². The summed E-state index contributed by atoms with van der Waals surface area (Å²) in [5.74, 6) is 0. The Morgan fingerprint density at radius 3 is 2.47 bits per heavy atom. The van der Waals surface area contributed by atoms with Crippen molar-refractivity contribution in [2.45, 2.75) is 20.4 Å². The maximum atomic E-state index is 5.88. The summed E-state index contributed by atoms with van der Waals surface area (Å²) in [7, 11) is 2.11. The molecule has 3 heteroatoms. The molecule has 0 bridgehead atoms. The Hall–Kier alpha value is -1.48. The number of hydrogen-bond donors (Lipinski definition) is 1. The molecule has 0 unspecified atom stereocenters. The van der Waals surface area contributed by atoms with Gasteiger partial charge in [-0.2, -0.15) is 0 Å². The van der Waals surface area contributed by atoms with Crippen molar-refractivity contribution in [3.05, 3.63) is 57.6 Å². The van der Waals surface area contributed by atoms with Crippen LogP contribution in [0, 0.1) is 13.8 Å². The molecule has 0 aliphatic carbocycles. The molecule has 0 amide bonds. The van der Waals surface area contributed by atoms with Crippen LogP contribution in [0.2, 0.25) is 0 Å². The van der Waals surface area contributed by atoms with Crippen LogP contribution in [-0.4, -0.2) is 7.05 Å². The molecule has 0 aliphatic rings. The van der Waals surface area contributed by atoms with Gasteiger partial charge in [0.05, 0.1) is 0 Å². The second-order valence-corrected chi connectivity index (χ2v) is 5.95. The van der Waals surface area contributed by atoms with Crippen LogP contribution in [0.25, 0.3) is 0 Å². The van der Waals surface area contributed by atoms with Gasteiger partial charge in [-0.05, 0) is 49.2 Å². The summed E-state index contributed by atoms with van der Waals surface area (Å²) in [6, 6.07) is 12.6. The monoisotopic (exact) mass is 318 g/mol. The maximum Gasteiger partial charge on any atom is 0.0427 e. The van der Waals surface area contributed by atoms with Crippen molar-refractivity contribution in [1.82, 2.24) is 0 Å². The van der Waals surface area contributed by atoms with Crippen molar-refractivity contribution in [3.63, 3.8) is 0 Å². The molecule has 0 aromatic heterocycles. The number of nitrogens with two attached hydrogens (primary N) is 1. The lowest BCUT2D eigenvalue weighted by Gasteiger charge is -2.22. The highest BCUT2D eigenvalue weighted by atomic mass is 79.9. The van der Waals surface area contributed by atoms with Gasteiger partial charge >= 0.3 is 0 Å². The topological polar surface area (TPSA) is 29.3 Å². The molecule has 0 saturated carbocycles. The number of nitrogens with zero attached hydrogens (tertiary/aromatic N) is 1. The van der Waals surface area contributed by atoms with E-state index in [1.54, 1.807) is 0 Å². The summed E-state index contributed by atoms with van der Waals surface area (Å²) >= 11 is 3.48. The third-order valence-electron chi connectivity index (χ3n) is 3.16. The molecule has 0 saturated heterocycles. The predicted octanol–water partition coefficient (Wildman–Crippen LogP) is 4.28. The molecule has 0 spiro atoms. The second kappa shape index (κ2) is 5.66. The van der Waals surface area contributed by atoms with E-state index in [4.69, 9.17) is 5.73 Å². The van der Waals surface area contributed by atoms with Crippen LogP contribution < -0.4 is 10.6 Å². The van der Waals surface area contributed by atoms with Gasteiger partial charge in [-0.3, -0.25) is 0 Å². The summed E-state index contributed by atoms with van der Waals surface area (Å²) in [5.41, 5.74) is 11.7. The summed E-state index contributed by atoms with van der Waals surface area (Å²) in [5, 5.41) is 0. The third kappa shape index (κ3) is 3.51. The van der Waals surface area contributed by atoms with Crippen LogP contribution in [0.3, 0.4) is 0 Å². The fraction of sp³-hybridized carbons (Fsp3) is 0.250. The molecular weight excluding hydrogens is 300 g/mol. The average molecular weight is 319 g/mol. The summed E-state index contributed by atoms with van der Waals surface area (Å²) in [6.45, 7) is 5.10. The highest BCUT2D eigenvalue weighted by molar-refractivity contribution is 9.10. The van der Waals surface area contributed by atoms with Crippen LogP contribution in [0.1, 0.15) is 16.7 Å². The van der Waals surface area contributed by atoms with E-state index in [2.05, 4.69) is 66.0 Å². The third-order valence-corrected chi connectivity index (χ3v) is 3.62. The van der Waals surface area contributed by atoms with Gasteiger partial charge in [0, 0.05) is 29.4 Å². The Morgan fingerprint density at radius 2 is 1.84 bits per heavy atom. The highest BCUT2D eigenvalue weighted by Gasteiger charge is 2.06. The average Bonchev–Trinajstić information content (AvgIpc) is 2.26. The van der Waals surface area contributed by atoms with Gasteiger partial charge in [-0.25, -0.2) is 0 Å². The van der Waals surface area contributed by atoms with Crippen molar-refractivity contribution >= 4 is 27.3 Å². The number of hydrogen-bond acceptors (Lipinski definition) is 2. The zero-order valence-electron chi connectivity index (χ0n) is 11.6. The van der Waals surface area contributed by atoms with Gasteiger partial charge in [0.25, 0.3) is 0 Å². The molecule has 0 aliphatic heterocycles. The van der Waals surface area contributed by atoms with E-state index in [1.165, 1.54) is 22.4 Å². The largest absolute Gasteiger partial charge is 0.399 e. The van der Waals surface area contributed by atoms with E-state index in [0.29, 0.717) is 0 Å². The fourth-order valence-corrected chi connectivity index (χ4v) is 2.92. The standard InChI is InChI=1S/C16H19BrN2/c1-11-4-5-16(12(2)6-11)19(3)10-13-7-14(17)9-15(18)8-13/h4-9H,10,18H2,1-3H3. The van der Waals surface area contributed by atoms with Crippen LogP contribution in [0.5, 0.6) is 0 Å². The zero-order valence-corrected chi connectivity index (χ0v) is 13.2. The van der Waals surface area contributed by atoms with Gasteiger partial charge in [0.1, 0.15) is 0 Å². The smallest absolute Gasteiger partial charge is 0.0427 e. The molecule has 2 aromatic rings. The van der Waals surface area contributed by atoms with Crippen molar-refractivity contribution in [2.24, 2.45) is 0 Å². The van der Waals surface area contributed by atoms with Gasteiger partial charge in [0.15, 0.2) is 0 Å².